The first-order valence-corrected chi connectivity index (χ1v) is 8.45. The lowest BCUT2D eigenvalue weighted by atomic mass is 10.1. The molecule has 0 aliphatic rings. The van der Waals surface area contributed by atoms with Gasteiger partial charge in [0.1, 0.15) is 0 Å². The Bertz CT molecular complexity index is 385. The predicted molar refractivity (Wildman–Crippen MR) is 63.7 cm³/mol. The zero-order valence-electron chi connectivity index (χ0n) is 9.57. The third-order valence-corrected chi connectivity index (χ3v) is 4.22. The number of aryl methyl sites for hydroxylation is 1. The van der Waals surface area contributed by atoms with E-state index in [2.05, 4.69) is 0 Å². The van der Waals surface area contributed by atoms with E-state index in [0.29, 0.717) is 5.56 Å². The molecule has 0 aliphatic carbocycles. The number of benzene rings is 1. The van der Waals surface area contributed by atoms with Crippen LogP contribution in [-0.4, -0.2) is 8.07 Å². The molecular weight excluding hydrogens is 210 g/mol. The first-order chi connectivity index (χ1) is 6.82. The van der Waals surface area contributed by atoms with Gasteiger partial charge in [0, 0.05) is 5.20 Å². The van der Waals surface area contributed by atoms with Crippen molar-refractivity contribution in [3.05, 3.63) is 41.5 Å². The van der Waals surface area contributed by atoms with E-state index < -0.39 is 14.2 Å². The minimum atomic E-state index is -1.98. The highest BCUT2D eigenvalue weighted by Crippen LogP contribution is 2.30. The number of hydrogen-bond donors (Lipinski definition) is 0. The molecule has 82 valence electrons. The normalized spacial score (nSPS) is 11.3. The fourth-order valence-corrected chi connectivity index (χ4v) is 3.21. The minimum Gasteiger partial charge on any atom is -0.174 e. The summed E-state index contributed by atoms with van der Waals surface area (Å²) in [6, 6.07) is 7.34. The third kappa shape index (κ3) is 2.99. The van der Waals surface area contributed by atoms with E-state index in [-0.39, 0.29) is 5.20 Å². The van der Waals surface area contributed by atoms with Gasteiger partial charge < -0.3 is 0 Å². The van der Waals surface area contributed by atoms with Gasteiger partial charge in [-0.3, -0.25) is 0 Å². The zero-order chi connectivity index (χ0) is 11.6. The van der Waals surface area contributed by atoms with Crippen molar-refractivity contribution in [2.75, 3.05) is 0 Å². The Labute approximate surface area is 90.6 Å². The largest absolute Gasteiger partial charge is 0.270 e. The monoisotopic (exact) mass is 226 g/mol. The van der Waals surface area contributed by atoms with Crippen molar-refractivity contribution < 1.29 is 8.78 Å². The van der Waals surface area contributed by atoms with Crippen LogP contribution in [0.1, 0.15) is 11.1 Å². The molecule has 1 aromatic rings. The van der Waals surface area contributed by atoms with Crippen molar-refractivity contribution in [2.45, 2.75) is 26.6 Å². The summed E-state index contributed by atoms with van der Waals surface area (Å²) in [7, 11) is -1.98. The summed E-state index contributed by atoms with van der Waals surface area (Å²) in [5.41, 5.74) is 1.69. The molecule has 0 spiro atoms. The van der Waals surface area contributed by atoms with Crippen molar-refractivity contribution in [1.82, 2.24) is 0 Å². The molecule has 0 atom stereocenters. The van der Waals surface area contributed by atoms with Crippen LogP contribution in [0.2, 0.25) is 19.6 Å². The molecule has 0 saturated heterocycles. The summed E-state index contributed by atoms with van der Waals surface area (Å²) < 4.78 is 25.9. The second-order valence-corrected chi connectivity index (χ2v) is 9.75. The van der Waals surface area contributed by atoms with Crippen molar-refractivity contribution in [1.29, 1.82) is 0 Å². The summed E-state index contributed by atoms with van der Waals surface area (Å²) >= 11 is 0. The molecule has 0 aromatic heterocycles. The highest BCUT2D eigenvalue weighted by Gasteiger charge is 2.25. The van der Waals surface area contributed by atoms with E-state index in [1.165, 1.54) is 0 Å². The van der Waals surface area contributed by atoms with Gasteiger partial charge in [-0.2, -0.15) is 8.78 Å². The topological polar surface area (TPSA) is 0 Å². The fraction of sp³-hybridized carbons (Fsp3) is 0.333. The average Bonchev–Trinajstić information content (AvgIpc) is 1.99. The van der Waals surface area contributed by atoms with Gasteiger partial charge in [-0.15, -0.1) is 0 Å². The van der Waals surface area contributed by atoms with Gasteiger partial charge >= 0.3 is 0 Å². The SMILES string of the molecule is Cc1cccc(C(=C(F)F)[Si](C)(C)C)c1. The van der Waals surface area contributed by atoms with Crippen LogP contribution in [0, 0.1) is 6.92 Å². The molecule has 0 nitrogen and oxygen atoms in total. The third-order valence-electron chi connectivity index (χ3n) is 2.25. The van der Waals surface area contributed by atoms with Gasteiger partial charge in [0.25, 0.3) is 6.08 Å². The maximum atomic E-state index is 12.9. The maximum absolute atomic E-state index is 12.9. The molecule has 0 fully saturated rings. The van der Waals surface area contributed by atoms with Gasteiger partial charge in [-0.1, -0.05) is 49.5 Å². The van der Waals surface area contributed by atoms with Crippen LogP contribution in [0.25, 0.3) is 5.20 Å². The Balaban J connectivity index is 3.31. The summed E-state index contributed by atoms with van der Waals surface area (Å²) in [6.07, 6.45) is -1.53. The van der Waals surface area contributed by atoms with Gasteiger partial charge in [-0.05, 0) is 12.5 Å². The molecule has 1 aromatic carbocycles. The molecule has 0 amide bonds. The van der Waals surface area contributed by atoms with Gasteiger partial charge in [0.2, 0.25) is 0 Å². The lowest BCUT2D eigenvalue weighted by molar-refractivity contribution is 0.427. The summed E-state index contributed by atoms with van der Waals surface area (Å²) in [6.45, 7) is 7.72. The molecular formula is C12H16F2Si. The summed E-state index contributed by atoms with van der Waals surface area (Å²) in [5.74, 6) is 0. The van der Waals surface area contributed by atoms with E-state index in [4.69, 9.17) is 0 Å². The maximum Gasteiger partial charge on any atom is 0.270 e. The van der Waals surface area contributed by atoms with Gasteiger partial charge in [-0.25, -0.2) is 0 Å². The number of halogens is 2. The molecule has 0 radical (unpaired) electrons. The number of rotatable bonds is 2. The van der Waals surface area contributed by atoms with Crippen molar-refractivity contribution in [2.24, 2.45) is 0 Å². The molecule has 0 saturated carbocycles. The molecule has 1 rings (SSSR count). The zero-order valence-corrected chi connectivity index (χ0v) is 10.6. The molecule has 3 heteroatoms. The molecule has 15 heavy (non-hydrogen) atoms. The second kappa shape index (κ2) is 4.27. The van der Waals surface area contributed by atoms with Crippen molar-refractivity contribution in [3.63, 3.8) is 0 Å². The van der Waals surface area contributed by atoms with Crippen molar-refractivity contribution >= 4 is 13.3 Å². The van der Waals surface area contributed by atoms with Gasteiger partial charge in [0.05, 0.1) is 8.07 Å². The summed E-state index contributed by atoms with van der Waals surface area (Å²) in [4.78, 5) is 0. The van der Waals surface area contributed by atoms with Crippen LogP contribution in [0.4, 0.5) is 8.78 Å². The quantitative estimate of drug-likeness (QED) is 0.652. The molecule has 0 unspecified atom stereocenters. The highest BCUT2D eigenvalue weighted by molar-refractivity contribution is 6.93. The molecule has 0 bridgehead atoms. The van der Waals surface area contributed by atoms with Crippen molar-refractivity contribution in [3.8, 4) is 0 Å². The lowest BCUT2D eigenvalue weighted by Gasteiger charge is -2.20. The van der Waals surface area contributed by atoms with E-state index >= 15 is 0 Å². The first-order valence-electron chi connectivity index (χ1n) is 4.95. The fourth-order valence-electron chi connectivity index (χ4n) is 1.63. The van der Waals surface area contributed by atoms with E-state index in [9.17, 15) is 8.78 Å². The Morgan fingerprint density at radius 1 is 1.13 bits per heavy atom. The Kier molecular flexibility index (Phi) is 3.45. The van der Waals surface area contributed by atoms with E-state index in [1.807, 2.05) is 44.8 Å². The van der Waals surface area contributed by atoms with Crippen LogP contribution < -0.4 is 0 Å². The number of hydrogen-bond acceptors (Lipinski definition) is 0. The standard InChI is InChI=1S/C12H16F2Si/c1-9-6-5-7-10(8-9)11(12(13)14)15(2,3)4/h5-8H,1-4H3. The van der Waals surface area contributed by atoms with Crippen LogP contribution in [0.5, 0.6) is 0 Å². The van der Waals surface area contributed by atoms with Crippen LogP contribution >= 0.6 is 0 Å². The van der Waals surface area contributed by atoms with Crippen LogP contribution in [0.15, 0.2) is 30.3 Å². The van der Waals surface area contributed by atoms with E-state index in [1.54, 1.807) is 6.07 Å². The van der Waals surface area contributed by atoms with E-state index in [0.717, 1.165) is 5.56 Å². The van der Waals surface area contributed by atoms with Crippen LogP contribution in [0.3, 0.4) is 0 Å². The Hall–Kier alpha value is -0.963. The molecule has 0 N–H and O–H groups in total. The highest BCUT2D eigenvalue weighted by atomic mass is 28.3. The summed E-state index contributed by atoms with van der Waals surface area (Å²) in [5, 5.41) is 0.270. The average molecular weight is 226 g/mol. The van der Waals surface area contributed by atoms with Crippen LogP contribution in [-0.2, 0) is 0 Å². The van der Waals surface area contributed by atoms with Gasteiger partial charge in [0.15, 0.2) is 0 Å². The lowest BCUT2D eigenvalue weighted by Crippen LogP contribution is -2.23. The molecule has 0 heterocycles. The Morgan fingerprint density at radius 2 is 1.73 bits per heavy atom. The first kappa shape index (κ1) is 12.1. The minimum absolute atomic E-state index is 0.270. The predicted octanol–water partition coefficient (Wildman–Crippen LogP) is 4.48. The smallest absolute Gasteiger partial charge is 0.174 e. The second-order valence-electron chi connectivity index (χ2n) is 4.75. The molecule has 0 aliphatic heterocycles. The Morgan fingerprint density at radius 3 is 2.13 bits per heavy atom.